The third-order valence-electron chi connectivity index (χ3n) is 4.73. The fraction of sp³-hybridized carbons (Fsp3) is 0.400. The minimum atomic E-state index is -0.690. The van der Waals surface area contributed by atoms with Crippen molar-refractivity contribution in [3.05, 3.63) is 65.0 Å². The number of hydrogen-bond acceptors (Lipinski definition) is 3. The van der Waals surface area contributed by atoms with Crippen LogP contribution in [0, 0.1) is 19.8 Å². The molecule has 1 aromatic carbocycles. The van der Waals surface area contributed by atoms with E-state index in [0.29, 0.717) is 6.54 Å². The molecule has 3 rings (SSSR count). The predicted molar refractivity (Wildman–Crippen MR) is 93.9 cm³/mol. The molecule has 1 N–H and O–H groups in total. The zero-order valence-corrected chi connectivity index (χ0v) is 14.3. The summed E-state index contributed by atoms with van der Waals surface area (Å²) in [5, 5.41) is 9.43. The highest BCUT2D eigenvalue weighted by atomic mass is 16.4. The monoisotopic (exact) mass is 324 g/mol. The van der Waals surface area contributed by atoms with Crippen molar-refractivity contribution in [2.75, 3.05) is 13.1 Å². The van der Waals surface area contributed by atoms with Crippen molar-refractivity contribution in [3.8, 4) is 0 Å². The molecule has 2 aromatic rings. The molecule has 1 fully saturated rings. The molecule has 0 aliphatic carbocycles. The summed E-state index contributed by atoms with van der Waals surface area (Å²) in [6.07, 6.45) is 5.35. The Bertz CT molecular complexity index is 695. The van der Waals surface area contributed by atoms with Crippen LogP contribution >= 0.6 is 0 Å². The quantitative estimate of drug-likeness (QED) is 0.934. The lowest BCUT2D eigenvalue weighted by molar-refractivity contribution is -0.143. The number of benzene rings is 1. The Morgan fingerprint density at radius 1 is 1.25 bits per heavy atom. The fourth-order valence-corrected chi connectivity index (χ4v) is 3.76. The number of piperidine rings is 1. The van der Waals surface area contributed by atoms with Crippen LogP contribution in [-0.4, -0.2) is 34.0 Å². The van der Waals surface area contributed by atoms with Crippen molar-refractivity contribution in [1.82, 2.24) is 9.88 Å². The molecule has 0 bridgehead atoms. The maximum absolute atomic E-state index is 11.5. The minimum absolute atomic E-state index is 0.0550. The summed E-state index contributed by atoms with van der Waals surface area (Å²) in [6, 6.07) is 10.7. The van der Waals surface area contributed by atoms with Crippen LogP contribution < -0.4 is 0 Å². The molecule has 2 heterocycles. The Morgan fingerprint density at radius 2 is 2.00 bits per heavy atom. The number of nitrogens with zero attached hydrogens (tertiary/aromatic N) is 2. The van der Waals surface area contributed by atoms with Crippen molar-refractivity contribution in [3.63, 3.8) is 0 Å². The molecule has 0 saturated carbocycles. The van der Waals surface area contributed by atoms with Gasteiger partial charge < -0.3 is 5.11 Å². The topological polar surface area (TPSA) is 53.4 Å². The van der Waals surface area contributed by atoms with Gasteiger partial charge in [0.15, 0.2) is 0 Å². The standard InChI is InChI=1S/C20H24N2O2/c1-14-9-15(2)11-18(10-14)19(16-5-3-7-21-12-16)22-8-4-6-17(13-22)20(23)24/h3,5,7,9-12,17,19H,4,6,8,13H2,1-2H3,(H,23,24). The number of likely N-dealkylation sites (tertiary alicyclic amines) is 1. The molecule has 2 atom stereocenters. The third-order valence-corrected chi connectivity index (χ3v) is 4.73. The molecule has 0 radical (unpaired) electrons. The molecule has 4 nitrogen and oxygen atoms in total. The summed E-state index contributed by atoms with van der Waals surface area (Å²) < 4.78 is 0. The number of aliphatic carboxylic acids is 1. The molecule has 4 heteroatoms. The predicted octanol–water partition coefficient (Wildman–Crippen LogP) is 3.58. The number of aryl methyl sites for hydroxylation is 2. The van der Waals surface area contributed by atoms with E-state index >= 15 is 0 Å². The molecule has 0 spiro atoms. The molecule has 1 aliphatic rings. The van der Waals surface area contributed by atoms with Crippen LogP contribution in [-0.2, 0) is 4.79 Å². The number of rotatable bonds is 4. The average Bonchev–Trinajstić information content (AvgIpc) is 2.55. The van der Waals surface area contributed by atoms with Gasteiger partial charge in [0.2, 0.25) is 0 Å². The highest BCUT2D eigenvalue weighted by Gasteiger charge is 2.31. The lowest BCUT2D eigenvalue weighted by atomic mass is 9.91. The molecule has 24 heavy (non-hydrogen) atoms. The van der Waals surface area contributed by atoms with Crippen molar-refractivity contribution < 1.29 is 9.90 Å². The van der Waals surface area contributed by atoms with Crippen LogP contribution in [0.3, 0.4) is 0 Å². The number of hydrogen-bond donors (Lipinski definition) is 1. The van der Waals surface area contributed by atoms with Crippen LogP contribution in [0.25, 0.3) is 0 Å². The van der Waals surface area contributed by atoms with E-state index in [1.165, 1.54) is 16.7 Å². The first-order valence-electron chi connectivity index (χ1n) is 8.49. The Balaban J connectivity index is 2.01. The number of carboxylic acid groups (broad SMARTS) is 1. The smallest absolute Gasteiger partial charge is 0.307 e. The lowest BCUT2D eigenvalue weighted by Gasteiger charge is -2.37. The first kappa shape index (κ1) is 16.7. The molecule has 1 aliphatic heterocycles. The molecular formula is C20H24N2O2. The number of carboxylic acids is 1. The van der Waals surface area contributed by atoms with Gasteiger partial charge in [-0.15, -0.1) is 0 Å². The van der Waals surface area contributed by atoms with Crippen LogP contribution in [0.1, 0.15) is 41.1 Å². The van der Waals surface area contributed by atoms with E-state index in [2.05, 4.69) is 48.0 Å². The van der Waals surface area contributed by atoms with E-state index in [4.69, 9.17) is 0 Å². The Kier molecular flexibility index (Phi) is 4.95. The Morgan fingerprint density at radius 3 is 2.62 bits per heavy atom. The van der Waals surface area contributed by atoms with Gasteiger partial charge in [-0.25, -0.2) is 0 Å². The summed E-state index contributed by atoms with van der Waals surface area (Å²) in [5.41, 5.74) is 4.79. The molecule has 1 aromatic heterocycles. The van der Waals surface area contributed by atoms with Gasteiger partial charge in [0.1, 0.15) is 0 Å². The van der Waals surface area contributed by atoms with Gasteiger partial charge in [0.05, 0.1) is 12.0 Å². The molecular weight excluding hydrogens is 300 g/mol. The summed E-state index contributed by atoms with van der Waals surface area (Å²) in [6.45, 7) is 5.71. The number of aromatic nitrogens is 1. The minimum Gasteiger partial charge on any atom is -0.481 e. The number of carbonyl (C=O) groups is 1. The van der Waals surface area contributed by atoms with Crippen molar-refractivity contribution >= 4 is 5.97 Å². The van der Waals surface area contributed by atoms with Crippen LogP contribution in [0.4, 0.5) is 0 Å². The van der Waals surface area contributed by atoms with Gasteiger partial charge >= 0.3 is 5.97 Å². The van der Waals surface area contributed by atoms with Gasteiger partial charge in [-0.1, -0.05) is 35.4 Å². The van der Waals surface area contributed by atoms with Crippen molar-refractivity contribution in [2.45, 2.75) is 32.7 Å². The molecule has 2 unspecified atom stereocenters. The van der Waals surface area contributed by atoms with E-state index in [9.17, 15) is 9.90 Å². The van der Waals surface area contributed by atoms with Gasteiger partial charge in [-0.3, -0.25) is 14.7 Å². The second-order valence-electron chi connectivity index (χ2n) is 6.78. The SMILES string of the molecule is Cc1cc(C)cc(C(c2cccnc2)N2CCCC(C(=O)O)C2)c1. The number of pyridine rings is 1. The normalized spacial score (nSPS) is 19.8. The summed E-state index contributed by atoms with van der Waals surface area (Å²) in [5.74, 6) is -0.978. The van der Waals surface area contributed by atoms with E-state index in [1.807, 2.05) is 12.3 Å². The van der Waals surface area contributed by atoms with Crippen LogP contribution in [0.2, 0.25) is 0 Å². The summed E-state index contributed by atoms with van der Waals surface area (Å²) in [7, 11) is 0. The first-order valence-corrected chi connectivity index (χ1v) is 8.49. The maximum atomic E-state index is 11.5. The second-order valence-corrected chi connectivity index (χ2v) is 6.78. The van der Waals surface area contributed by atoms with E-state index in [0.717, 1.165) is 24.9 Å². The molecule has 1 saturated heterocycles. The zero-order valence-electron chi connectivity index (χ0n) is 14.3. The van der Waals surface area contributed by atoms with E-state index < -0.39 is 5.97 Å². The first-order chi connectivity index (χ1) is 11.5. The van der Waals surface area contributed by atoms with Gasteiger partial charge in [-0.05, 0) is 50.4 Å². The van der Waals surface area contributed by atoms with Crippen molar-refractivity contribution in [1.29, 1.82) is 0 Å². The van der Waals surface area contributed by atoms with Crippen LogP contribution in [0.5, 0.6) is 0 Å². The van der Waals surface area contributed by atoms with E-state index in [-0.39, 0.29) is 12.0 Å². The van der Waals surface area contributed by atoms with Crippen molar-refractivity contribution in [2.24, 2.45) is 5.92 Å². The second kappa shape index (κ2) is 7.14. The summed E-state index contributed by atoms with van der Waals surface area (Å²) in [4.78, 5) is 18.0. The molecule has 126 valence electrons. The zero-order chi connectivity index (χ0) is 17.1. The highest BCUT2D eigenvalue weighted by molar-refractivity contribution is 5.70. The lowest BCUT2D eigenvalue weighted by Crippen LogP contribution is -2.41. The van der Waals surface area contributed by atoms with Gasteiger partial charge in [0.25, 0.3) is 0 Å². The Hall–Kier alpha value is -2.20. The fourth-order valence-electron chi connectivity index (χ4n) is 3.76. The molecule has 0 amide bonds. The largest absolute Gasteiger partial charge is 0.481 e. The van der Waals surface area contributed by atoms with Gasteiger partial charge in [0, 0.05) is 18.9 Å². The third kappa shape index (κ3) is 3.65. The van der Waals surface area contributed by atoms with E-state index in [1.54, 1.807) is 6.20 Å². The van der Waals surface area contributed by atoms with Gasteiger partial charge in [-0.2, -0.15) is 0 Å². The highest BCUT2D eigenvalue weighted by Crippen LogP contribution is 2.33. The maximum Gasteiger partial charge on any atom is 0.307 e. The van der Waals surface area contributed by atoms with Crippen LogP contribution in [0.15, 0.2) is 42.7 Å². The average molecular weight is 324 g/mol. The summed E-state index contributed by atoms with van der Waals surface area (Å²) >= 11 is 0. The Labute approximate surface area is 143 Å².